The van der Waals surface area contributed by atoms with Crippen molar-refractivity contribution in [2.24, 2.45) is 11.7 Å². The molecule has 1 heterocycles. The fraction of sp³-hybridized carbons (Fsp3) is 0.429. The van der Waals surface area contributed by atoms with Crippen LogP contribution >= 0.6 is 0 Å². The van der Waals surface area contributed by atoms with Gasteiger partial charge in [0.1, 0.15) is 11.6 Å². The smallest absolute Gasteiger partial charge is 0.123 e. The van der Waals surface area contributed by atoms with Crippen molar-refractivity contribution in [1.29, 1.82) is 0 Å². The summed E-state index contributed by atoms with van der Waals surface area (Å²) in [5, 5.41) is 3.10. The molecule has 3 N–H and O–H groups in total. The van der Waals surface area contributed by atoms with Crippen LogP contribution in [0.5, 0.6) is 5.75 Å². The van der Waals surface area contributed by atoms with Crippen LogP contribution in [-0.4, -0.2) is 12.6 Å². The van der Waals surface area contributed by atoms with E-state index in [1.54, 1.807) is 12.1 Å². The summed E-state index contributed by atoms with van der Waals surface area (Å²) in [7, 11) is 0. The molecule has 2 rings (SSSR count). The van der Waals surface area contributed by atoms with Crippen molar-refractivity contribution < 1.29 is 9.13 Å². The summed E-state index contributed by atoms with van der Waals surface area (Å²) in [5.74, 6) is 1.63. The SMILES string of the molecule is CC[C@@H](C[C@H]1C=C(N)NC1)Oc1ccc(F)cc1. The Morgan fingerprint density at radius 2 is 2.17 bits per heavy atom. The molecule has 1 aliphatic heterocycles. The number of hydrogen-bond donors (Lipinski definition) is 2. The van der Waals surface area contributed by atoms with Gasteiger partial charge >= 0.3 is 0 Å². The van der Waals surface area contributed by atoms with Gasteiger partial charge in [-0.05, 0) is 43.2 Å². The summed E-state index contributed by atoms with van der Waals surface area (Å²) in [6, 6.07) is 6.15. The van der Waals surface area contributed by atoms with Crippen LogP contribution in [0, 0.1) is 11.7 Å². The molecular weight excluding hydrogens is 231 g/mol. The van der Waals surface area contributed by atoms with Gasteiger partial charge in [0.25, 0.3) is 0 Å². The molecule has 0 radical (unpaired) electrons. The molecule has 18 heavy (non-hydrogen) atoms. The molecular formula is C14H19FN2O. The fourth-order valence-corrected chi connectivity index (χ4v) is 2.11. The Bertz CT molecular complexity index is 416. The van der Waals surface area contributed by atoms with Gasteiger partial charge in [0.15, 0.2) is 0 Å². The molecule has 0 saturated carbocycles. The summed E-state index contributed by atoms with van der Waals surface area (Å²) >= 11 is 0. The Kier molecular flexibility index (Phi) is 4.07. The van der Waals surface area contributed by atoms with E-state index in [0.29, 0.717) is 11.7 Å². The molecule has 0 bridgehead atoms. The van der Waals surface area contributed by atoms with Gasteiger partial charge in [-0.2, -0.15) is 0 Å². The maximum Gasteiger partial charge on any atom is 0.123 e. The highest BCUT2D eigenvalue weighted by Crippen LogP contribution is 2.21. The molecule has 2 atom stereocenters. The highest BCUT2D eigenvalue weighted by atomic mass is 19.1. The normalized spacial score (nSPS) is 20.1. The maximum absolute atomic E-state index is 12.8. The van der Waals surface area contributed by atoms with Gasteiger partial charge in [0.2, 0.25) is 0 Å². The van der Waals surface area contributed by atoms with Gasteiger partial charge in [-0.1, -0.05) is 6.92 Å². The zero-order valence-electron chi connectivity index (χ0n) is 10.5. The highest BCUT2D eigenvalue weighted by molar-refractivity contribution is 5.22. The van der Waals surface area contributed by atoms with E-state index in [-0.39, 0.29) is 11.9 Å². The molecule has 4 heteroatoms. The van der Waals surface area contributed by atoms with Crippen LogP contribution in [0.3, 0.4) is 0 Å². The Morgan fingerprint density at radius 1 is 1.44 bits per heavy atom. The topological polar surface area (TPSA) is 47.3 Å². The molecule has 1 aliphatic rings. The minimum absolute atomic E-state index is 0.129. The first-order valence-electron chi connectivity index (χ1n) is 6.30. The summed E-state index contributed by atoms with van der Waals surface area (Å²) in [4.78, 5) is 0. The quantitative estimate of drug-likeness (QED) is 0.843. The third-order valence-corrected chi connectivity index (χ3v) is 3.12. The number of nitrogens with one attached hydrogen (secondary N) is 1. The minimum atomic E-state index is -0.244. The first-order chi connectivity index (χ1) is 8.67. The van der Waals surface area contributed by atoms with Crippen molar-refractivity contribution in [2.75, 3.05) is 6.54 Å². The van der Waals surface area contributed by atoms with E-state index >= 15 is 0 Å². The number of nitrogens with two attached hydrogens (primary N) is 1. The van der Waals surface area contributed by atoms with Gasteiger partial charge in [-0.3, -0.25) is 0 Å². The van der Waals surface area contributed by atoms with Crippen LogP contribution in [-0.2, 0) is 0 Å². The second kappa shape index (κ2) is 5.76. The Balaban J connectivity index is 1.91. The molecule has 3 nitrogen and oxygen atoms in total. The standard InChI is InChI=1S/C14H19FN2O/c1-2-12(7-10-8-14(16)17-9-10)18-13-5-3-11(15)4-6-13/h3-6,8,10,12,17H,2,7,9,16H2,1H3/t10-,12-/m0/s1. The third-order valence-electron chi connectivity index (χ3n) is 3.12. The monoisotopic (exact) mass is 250 g/mol. The van der Waals surface area contributed by atoms with Crippen molar-refractivity contribution in [1.82, 2.24) is 5.32 Å². The molecule has 98 valence electrons. The summed E-state index contributed by atoms with van der Waals surface area (Å²) < 4.78 is 18.6. The lowest BCUT2D eigenvalue weighted by atomic mass is 10.0. The van der Waals surface area contributed by atoms with Crippen molar-refractivity contribution >= 4 is 0 Å². The third kappa shape index (κ3) is 3.39. The fourth-order valence-electron chi connectivity index (χ4n) is 2.11. The maximum atomic E-state index is 12.8. The molecule has 0 unspecified atom stereocenters. The number of ether oxygens (including phenoxy) is 1. The number of rotatable bonds is 5. The van der Waals surface area contributed by atoms with Gasteiger partial charge in [0.05, 0.1) is 11.9 Å². The van der Waals surface area contributed by atoms with Crippen molar-refractivity contribution in [2.45, 2.75) is 25.9 Å². The molecule has 0 amide bonds. The first kappa shape index (κ1) is 12.7. The second-order valence-electron chi connectivity index (χ2n) is 4.60. The van der Waals surface area contributed by atoms with E-state index in [2.05, 4.69) is 12.2 Å². The Morgan fingerprint density at radius 3 is 2.72 bits per heavy atom. The average molecular weight is 250 g/mol. The summed E-state index contributed by atoms with van der Waals surface area (Å²) in [6.45, 7) is 2.96. The van der Waals surface area contributed by atoms with Crippen molar-refractivity contribution in [3.05, 3.63) is 42.0 Å². The zero-order valence-corrected chi connectivity index (χ0v) is 10.5. The Hall–Kier alpha value is -1.71. The van der Waals surface area contributed by atoms with Gasteiger partial charge in [0, 0.05) is 12.5 Å². The zero-order chi connectivity index (χ0) is 13.0. The average Bonchev–Trinajstić information content (AvgIpc) is 2.77. The van der Waals surface area contributed by atoms with E-state index in [4.69, 9.17) is 10.5 Å². The van der Waals surface area contributed by atoms with Gasteiger partial charge in [-0.25, -0.2) is 4.39 Å². The number of benzene rings is 1. The first-order valence-corrected chi connectivity index (χ1v) is 6.30. The Labute approximate surface area is 107 Å². The van der Waals surface area contributed by atoms with Crippen LogP contribution in [0.25, 0.3) is 0 Å². The van der Waals surface area contributed by atoms with Crippen LogP contribution in [0.2, 0.25) is 0 Å². The highest BCUT2D eigenvalue weighted by Gasteiger charge is 2.19. The summed E-state index contributed by atoms with van der Waals surface area (Å²) in [5.41, 5.74) is 5.68. The van der Waals surface area contributed by atoms with Crippen LogP contribution in [0.15, 0.2) is 36.2 Å². The molecule has 0 aliphatic carbocycles. The molecule has 0 spiro atoms. The van der Waals surface area contributed by atoms with E-state index in [9.17, 15) is 4.39 Å². The lowest BCUT2D eigenvalue weighted by Gasteiger charge is -2.20. The van der Waals surface area contributed by atoms with E-state index in [1.807, 2.05) is 6.08 Å². The molecule has 1 aromatic carbocycles. The lowest BCUT2D eigenvalue weighted by molar-refractivity contribution is 0.173. The van der Waals surface area contributed by atoms with Gasteiger partial charge in [-0.15, -0.1) is 0 Å². The minimum Gasteiger partial charge on any atom is -0.490 e. The molecule has 1 aromatic rings. The number of hydrogen-bond acceptors (Lipinski definition) is 3. The van der Waals surface area contributed by atoms with E-state index < -0.39 is 0 Å². The largest absolute Gasteiger partial charge is 0.490 e. The molecule has 0 saturated heterocycles. The predicted octanol–water partition coefficient (Wildman–Crippen LogP) is 2.39. The van der Waals surface area contributed by atoms with E-state index in [0.717, 1.165) is 25.2 Å². The number of halogens is 1. The summed E-state index contributed by atoms with van der Waals surface area (Å²) in [6.07, 6.45) is 4.00. The van der Waals surface area contributed by atoms with Crippen LogP contribution in [0.4, 0.5) is 4.39 Å². The van der Waals surface area contributed by atoms with Gasteiger partial charge < -0.3 is 15.8 Å². The predicted molar refractivity (Wildman–Crippen MR) is 69.5 cm³/mol. The van der Waals surface area contributed by atoms with E-state index in [1.165, 1.54) is 12.1 Å². The van der Waals surface area contributed by atoms with Crippen LogP contribution in [0.1, 0.15) is 19.8 Å². The van der Waals surface area contributed by atoms with Crippen molar-refractivity contribution in [3.63, 3.8) is 0 Å². The molecule has 0 fully saturated rings. The lowest BCUT2D eigenvalue weighted by Crippen LogP contribution is -2.22. The molecule has 0 aromatic heterocycles. The van der Waals surface area contributed by atoms with Crippen molar-refractivity contribution in [3.8, 4) is 5.75 Å². The van der Waals surface area contributed by atoms with Crippen LogP contribution < -0.4 is 15.8 Å². The second-order valence-corrected chi connectivity index (χ2v) is 4.60.